The Labute approximate surface area is 181 Å². The van der Waals surface area contributed by atoms with Gasteiger partial charge in [-0.3, -0.25) is 4.79 Å². The number of nitrogens with one attached hydrogen (secondary N) is 1. The number of phenols is 1. The molecular formula is C20H18N8O4. The summed E-state index contributed by atoms with van der Waals surface area (Å²) in [6.07, 6.45) is 1.41. The smallest absolute Gasteiger partial charge is 0.294 e. The molecule has 2 aromatic heterocycles. The highest BCUT2D eigenvalue weighted by molar-refractivity contribution is 5.98. The summed E-state index contributed by atoms with van der Waals surface area (Å²) in [7, 11) is 0. The highest BCUT2D eigenvalue weighted by Crippen LogP contribution is 2.27. The van der Waals surface area contributed by atoms with Crippen molar-refractivity contribution in [1.82, 2.24) is 30.7 Å². The Kier molecular flexibility index (Phi) is 5.74. The summed E-state index contributed by atoms with van der Waals surface area (Å²) in [4.78, 5) is 12.8. The van der Waals surface area contributed by atoms with Gasteiger partial charge < -0.3 is 15.6 Å². The van der Waals surface area contributed by atoms with Gasteiger partial charge in [-0.15, -0.1) is 5.10 Å². The fourth-order valence-corrected chi connectivity index (χ4v) is 2.88. The normalized spacial score (nSPS) is 11.0. The second kappa shape index (κ2) is 8.95. The van der Waals surface area contributed by atoms with Crippen molar-refractivity contribution in [2.45, 2.75) is 6.92 Å². The van der Waals surface area contributed by atoms with Crippen LogP contribution in [0.25, 0.3) is 17.1 Å². The fourth-order valence-electron chi connectivity index (χ4n) is 2.88. The molecule has 0 aliphatic carbocycles. The maximum atomic E-state index is 12.8. The van der Waals surface area contributed by atoms with Crippen LogP contribution in [0.2, 0.25) is 0 Å². The van der Waals surface area contributed by atoms with Crippen molar-refractivity contribution in [2.75, 3.05) is 12.3 Å². The molecule has 0 unspecified atom stereocenters. The van der Waals surface area contributed by atoms with Gasteiger partial charge in [0.05, 0.1) is 12.8 Å². The Morgan fingerprint density at radius 3 is 2.81 bits per heavy atom. The zero-order valence-corrected chi connectivity index (χ0v) is 16.8. The molecular weight excluding hydrogens is 416 g/mol. The van der Waals surface area contributed by atoms with Gasteiger partial charge in [-0.2, -0.15) is 9.78 Å². The van der Waals surface area contributed by atoms with E-state index in [0.29, 0.717) is 29.2 Å². The van der Waals surface area contributed by atoms with Crippen molar-refractivity contribution in [3.05, 3.63) is 59.8 Å². The third kappa shape index (κ3) is 4.09. The number of hydrogen-bond acceptors (Lipinski definition) is 10. The number of ether oxygens (including phenoxy) is 1. The van der Waals surface area contributed by atoms with Crippen LogP contribution in [-0.4, -0.2) is 49.1 Å². The van der Waals surface area contributed by atoms with Crippen LogP contribution in [0.3, 0.4) is 0 Å². The Balaban J connectivity index is 1.62. The van der Waals surface area contributed by atoms with Crippen molar-refractivity contribution < 1.29 is 19.3 Å². The van der Waals surface area contributed by atoms with Crippen molar-refractivity contribution in [2.24, 2.45) is 5.10 Å². The Morgan fingerprint density at radius 1 is 1.28 bits per heavy atom. The third-order valence-electron chi connectivity index (χ3n) is 4.29. The van der Waals surface area contributed by atoms with E-state index in [0.717, 1.165) is 0 Å². The van der Waals surface area contributed by atoms with E-state index in [-0.39, 0.29) is 23.1 Å². The van der Waals surface area contributed by atoms with Crippen LogP contribution in [0, 0.1) is 0 Å². The lowest BCUT2D eigenvalue weighted by molar-refractivity contribution is 0.0950. The predicted octanol–water partition coefficient (Wildman–Crippen LogP) is 1.77. The van der Waals surface area contributed by atoms with E-state index >= 15 is 0 Å². The van der Waals surface area contributed by atoms with E-state index in [9.17, 15) is 9.90 Å². The molecule has 0 aliphatic heterocycles. The minimum Gasteiger partial charge on any atom is -0.504 e. The largest absolute Gasteiger partial charge is 0.504 e. The average Bonchev–Trinajstić information content (AvgIpc) is 3.42. The Bertz CT molecular complexity index is 1270. The summed E-state index contributed by atoms with van der Waals surface area (Å²) in [6.45, 7) is 2.20. The number of phenolic OH excluding ortho intramolecular Hbond substituents is 1. The van der Waals surface area contributed by atoms with Gasteiger partial charge in [0.15, 0.2) is 17.2 Å². The van der Waals surface area contributed by atoms with E-state index in [1.54, 1.807) is 43.3 Å². The van der Waals surface area contributed by atoms with Crippen LogP contribution in [0.1, 0.15) is 23.0 Å². The number of carbonyl (C=O) groups is 1. The molecule has 0 atom stereocenters. The van der Waals surface area contributed by atoms with Gasteiger partial charge >= 0.3 is 0 Å². The first kappa shape index (κ1) is 20.5. The van der Waals surface area contributed by atoms with Gasteiger partial charge in [0, 0.05) is 5.56 Å². The third-order valence-corrected chi connectivity index (χ3v) is 4.29. The summed E-state index contributed by atoms with van der Waals surface area (Å²) in [5.41, 5.74) is 9.80. The molecule has 0 saturated heterocycles. The monoisotopic (exact) mass is 434 g/mol. The maximum Gasteiger partial charge on any atom is 0.294 e. The van der Waals surface area contributed by atoms with Gasteiger partial charge in [0.2, 0.25) is 11.6 Å². The Hall–Kier alpha value is -4.74. The number of nitrogen functional groups attached to an aromatic ring is 1. The highest BCUT2D eigenvalue weighted by Gasteiger charge is 2.24. The molecule has 12 nitrogen and oxygen atoms in total. The first-order valence-electron chi connectivity index (χ1n) is 9.47. The van der Waals surface area contributed by atoms with Crippen LogP contribution in [0.4, 0.5) is 5.82 Å². The first-order chi connectivity index (χ1) is 15.6. The molecule has 4 N–H and O–H groups in total. The molecule has 2 heterocycles. The molecule has 12 heteroatoms. The quantitative estimate of drug-likeness (QED) is 0.290. The van der Waals surface area contributed by atoms with Crippen LogP contribution in [-0.2, 0) is 0 Å². The summed E-state index contributed by atoms with van der Waals surface area (Å²) < 4.78 is 11.3. The molecule has 4 aromatic rings. The number of hydrogen-bond donors (Lipinski definition) is 3. The highest BCUT2D eigenvalue weighted by atomic mass is 16.6. The standard InChI is InChI=1S/C20H18N8O4/c1-2-31-15-10-12(8-9-14(15)29)11-22-24-20(30)16-17(13-6-4-3-5-7-13)28(27-23-16)19-18(21)25-32-26-19/h3-11,29H,2H2,1H3,(H2,21,25)(H,24,30)/b22-11+. The lowest BCUT2D eigenvalue weighted by Gasteiger charge is -2.06. The number of rotatable bonds is 7. The van der Waals surface area contributed by atoms with Crippen LogP contribution < -0.4 is 15.9 Å². The van der Waals surface area contributed by atoms with E-state index < -0.39 is 5.91 Å². The second-order valence-corrected chi connectivity index (χ2v) is 6.40. The van der Waals surface area contributed by atoms with Crippen LogP contribution in [0.5, 0.6) is 11.5 Å². The van der Waals surface area contributed by atoms with Crippen molar-refractivity contribution >= 4 is 17.9 Å². The number of nitrogens with two attached hydrogens (primary N) is 1. The number of aromatic hydroxyl groups is 1. The topological polar surface area (TPSA) is 167 Å². The van der Waals surface area contributed by atoms with Crippen LogP contribution in [0.15, 0.2) is 58.3 Å². The number of nitrogens with zero attached hydrogens (tertiary/aromatic N) is 6. The van der Waals surface area contributed by atoms with E-state index in [1.165, 1.54) is 17.0 Å². The molecule has 162 valence electrons. The molecule has 0 fully saturated rings. The van der Waals surface area contributed by atoms with Crippen molar-refractivity contribution in [3.63, 3.8) is 0 Å². The van der Waals surface area contributed by atoms with Gasteiger partial charge in [0.1, 0.15) is 5.69 Å². The zero-order chi connectivity index (χ0) is 22.5. The van der Waals surface area contributed by atoms with Gasteiger partial charge in [-0.1, -0.05) is 35.5 Å². The van der Waals surface area contributed by atoms with Gasteiger partial charge in [-0.05, 0) is 41.0 Å². The van der Waals surface area contributed by atoms with Crippen LogP contribution >= 0.6 is 0 Å². The number of aromatic nitrogens is 5. The molecule has 2 aromatic carbocycles. The molecule has 32 heavy (non-hydrogen) atoms. The molecule has 4 rings (SSSR count). The summed E-state index contributed by atoms with van der Waals surface area (Å²) in [5.74, 6) is -0.180. The van der Waals surface area contributed by atoms with E-state index in [1.807, 2.05) is 6.07 Å². The minimum absolute atomic E-state index is 0.00328. The summed E-state index contributed by atoms with van der Waals surface area (Å²) in [6, 6.07) is 13.7. The first-order valence-corrected chi connectivity index (χ1v) is 9.47. The summed E-state index contributed by atoms with van der Waals surface area (Å²) in [5, 5.41) is 29.0. The molecule has 1 amide bonds. The Morgan fingerprint density at radius 2 is 2.09 bits per heavy atom. The second-order valence-electron chi connectivity index (χ2n) is 6.40. The van der Waals surface area contributed by atoms with Gasteiger partial charge in [-0.25, -0.2) is 10.1 Å². The number of amides is 1. The number of carbonyl (C=O) groups excluding carboxylic acids is 1. The van der Waals surface area contributed by atoms with Crippen molar-refractivity contribution in [3.8, 4) is 28.6 Å². The molecule has 0 aliphatic rings. The van der Waals surface area contributed by atoms with Gasteiger partial charge in [0.25, 0.3) is 5.91 Å². The summed E-state index contributed by atoms with van der Waals surface area (Å²) >= 11 is 0. The molecule has 0 radical (unpaired) electrons. The lowest BCUT2D eigenvalue weighted by atomic mass is 10.1. The van der Waals surface area contributed by atoms with E-state index in [2.05, 4.69) is 35.8 Å². The van der Waals surface area contributed by atoms with E-state index in [4.69, 9.17) is 10.5 Å². The SMILES string of the molecule is CCOc1cc(/C=N/NC(=O)c2nnn(-c3nonc3N)c2-c2ccccc2)ccc1O. The predicted molar refractivity (Wildman–Crippen MR) is 113 cm³/mol. The number of anilines is 1. The molecule has 0 spiro atoms. The molecule has 0 bridgehead atoms. The lowest BCUT2D eigenvalue weighted by Crippen LogP contribution is -2.19. The number of hydrazone groups is 1. The molecule has 0 saturated carbocycles. The fraction of sp³-hybridized carbons (Fsp3) is 0.100. The number of benzene rings is 2. The average molecular weight is 434 g/mol. The van der Waals surface area contributed by atoms with Crippen molar-refractivity contribution in [1.29, 1.82) is 0 Å². The zero-order valence-electron chi connectivity index (χ0n) is 16.8. The minimum atomic E-state index is -0.606. The maximum absolute atomic E-state index is 12.8.